The van der Waals surface area contributed by atoms with Gasteiger partial charge in [-0.25, -0.2) is 4.98 Å². The van der Waals surface area contributed by atoms with Crippen LogP contribution < -0.4 is 10.2 Å². The van der Waals surface area contributed by atoms with Gasteiger partial charge in [0, 0.05) is 26.2 Å². The van der Waals surface area contributed by atoms with Crippen LogP contribution in [-0.4, -0.2) is 30.0 Å². The van der Waals surface area contributed by atoms with Crippen molar-refractivity contribution in [3.05, 3.63) is 22.2 Å². The molecule has 1 saturated heterocycles. The smallest absolute Gasteiger partial charge is 0.311 e. The zero-order valence-corrected chi connectivity index (χ0v) is 12.5. The maximum Gasteiger partial charge on any atom is 0.311 e. The molecule has 0 bridgehead atoms. The predicted molar refractivity (Wildman–Crippen MR) is 82.8 cm³/mol. The van der Waals surface area contributed by atoms with Gasteiger partial charge in [0.25, 0.3) is 0 Å². The van der Waals surface area contributed by atoms with Gasteiger partial charge in [0.2, 0.25) is 5.82 Å². The Bertz CT molecular complexity index is 530. The fourth-order valence-corrected chi connectivity index (χ4v) is 3.77. The van der Waals surface area contributed by atoms with Gasteiger partial charge in [0.05, 0.1) is 4.92 Å². The Morgan fingerprint density at radius 2 is 1.90 bits per heavy atom. The van der Waals surface area contributed by atoms with Crippen LogP contribution in [0.5, 0.6) is 0 Å². The van der Waals surface area contributed by atoms with E-state index >= 15 is 0 Å². The predicted octanol–water partition coefficient (Wildman–Crippen LogP) is 3.19. The first-order valence-corrected chi connectivity index (χ1v) is 7.72. The highest BCUT2D eigenvalue weighted by Gasteiger charge is 2.38. The van der Waals surface area contributed by atoms with E-state index in [-0.39, 0.29) is 10.6 Å². The number of piperidine rings is 1. The summed E-state index contributed by atoms with van der Waals surface area (Å²) in [4.78, 5) is 17.4. The standard InChI is InChI=1S/C15H22N4O2/c1-16-13-5-4-12(19(20)21)14(17-13)18-10-8-15(9-11-18)6-2-3-7-15/h4-5H,2-3,6-11H2,1H3,(H,16,17). The molecule has 2 fully saturated rings. The third kappa shape index (κ3) is 2.66. The minimum atomic E-state index is -0.332. The number of nitrogens with one attached hydrogen (secondary N) is 1. The van der Waals surface area contributed by atoms with Gasteiger partial charge < -0.3 is 10.2 Å². The van der Waals surface area contributed by atoms with Gasteiger partial charge in [0.15, 0.2) is 0 Å². The molecule has 1 saturated carbocycles. The summed E-state index contributed by atoms with van der Waals surface area (Å²) in [7, 11) is 1.78. The zero-order valence-electron chi connectivity index (χ0n) is 12.5. The lowest BCUT2D eigenvalue weighted by molar-refractivity contribution is -0.384. The van der Waals surface area contributed by atoms with E-state index in [0.29, 0.717) is 17.1 Å². The maximum atomic E-state index is 11.2. The van der Waals surface area contributed by atoms with Crippen LogP contribution in [0.15, 0.2) is 12.1 Å². The SMILES string of the molecule is CNc1ccc([N+](=O)[O-])c(N2CCC3(CCCC3)CC2)n1. The van der Waals surface area contributed by atoms with Crippen molar-refractivity contribution in [2.45, 2.75) is 38.5 Å². The minimum absolute atomic E-state index is 0.108. The number of nitrogens with zero attached hydrogens (tertiary/aromatic N) is 3. The Balaban J connectivity index is 1.82. The molecule has 1 aliphatic heterocycles. The molecule has 0 aromatic carbocycles. The third-order valence-electron chi connectivity index (χ3n) is 5.10. The molecule has 114 valence electrons. The average Bonchev–Trinajstić information content (AvgIpc) is 2.95. The fraction of sp³-hybridized carbons (Fsp3) is 0.667. The van der Waals surface area contributed by atoms with Crippen LogP contribution in [0, 0.1) is 15.5 Å². The van der Waals surface area contributed by atoms with E-state index in [9.17, 15) is 10.1 Å². The van der Waals surface area contributed by atoms with Crippen LogP contribution >= 0.6 is 0 Å². The van der Waals surface area contributed by atoms with Crippen molar-refractivity contribution in [1.29, 1.82) is 0 Å². The molecule has 6 heteroatoms. The summed E-state index contributed by atoms with van der Waals surface area (Å²) in [6.45, 7) is 1.75. The first-order chi connectivity index (χ1) is 10.1. The van der Waals surface area contributed by atoms with E-state index in [1.807, 2.05) is 0 Å². The molecule has 0 atom stereocenters. The second-order valence-electron chi connectivity index (χ2n) is 6.24. The van der Waals surface area contributed by atoms with E-state index in [1.54, 1.807) is 19.2 Å². The highest BCUT2D eigenvalue weighted by molar-refractivity contribution is 5.62. The second-order valence-corrected chi connectivity index (χ2v) is 6.24. The number of aromatic nitrogens is 1. The number of hydrogen-bond acceptors (Lipinski definition) is 5. The summed E-state index contributed by atoms with van der Waals surface area (Å²) in [5.41, 5.74) is 0.614. The summed E-state index contributed by atoms with van der Waals surface area (Å²) in [6.07, 6.45) is 7.60. The van der Waals surface area contributed by atoms with Crippen molar-refractivity contribution < 1.29 is 4.92 Å². The average molecular weight is 290 g/mol. The Morgan fingerprint density at radius 3 is 2.48 bits per heavy atom. The van der Waals surface area contributed by atoms with Crippen LogP contribution in [0.2, 0.25) is 0 Å². The van der Waals surface area contributed by atoms with Crippen molar-refractivity contribution in [1.82, 2.24) is 4.98 Å². The number of pyridine rings is 1. The molecule has 0 radical (unpaired) electrons. The molecule has 2 aliphatic rings. The quantitative estimate of drug-likeness (QED) is 0.683. The summed E-state index contributed by atoms with van der Waals surface area (Å²) >= 11 is 0. The highest BCUT2D eigenvalue weighted by atomic mass is 16.6. The van der Waals surface area contributed by atoms with E-state index in [1.165, 1.54) is 25.7 Å². The molecule has 1 aliphatic carbocycles. The van der Waals surface area contributed by atoms with Gasteiger partial charge in [-0.2, -0.15) is 0 Å². The van der Waals surface area contributed by atoms with Crippen LogP contribution in [0.3, 0.4) is 0 Å². The summed E-state index contributed by atoms with van der Waals surface area (Å²) in [6, 6.07) is 3.21. The van der Waals surface area contributed by atoms with Crippen LogP contribution in [0.25, 0.3) is 0 Å². The van der Waals surface area contributed by atoms with E-state index in [0.717, 1.165) is 25.9 Å². The van der Waals surface area contributed by atoms with Crippen molar-refractivity contribution in [3.63, 3.8) is 0 Å². The first kappa shape index (κ1) is 14.1. The van der Waals surface area contributed by atoms with Gasteiger partial charge in [-0.3, -0.25) is 10.1 Å². The monoisotopic (exact) mass is 290 g/mol. The van der Waals surface area contributed by atoms with Gasteiger partial charge in [-0.1, -0.05) is 12.8 Å². The van der Waals surface area contributed by atoms with Gasteiger partial charge in [-0.15, -0.1) is 0 Å². The van der Waals surface area contributed by atoms with Crippen molar-refractivity contribution in [2.24, 2.45) is 5.41 Å². The highest BCUT2D eigenvalue weighted by Crippen LogP contribution is 2.47. The molecule has 1 aromatic heterocycles. The van der Waals surface area contributed by atoms with Crippen molar-refractivity contribution in [2.75, 3.05) is 30.4 Å². The molecule has 21 heavy (non-hydrogen) atoms. The van der Waals surface area contributed by atoms with Crippen LogP contribution in [0.4, 0.5) is 17.3 Å². The summed E-state index contributed by atoms with van der Waals surface area (Å²) in [5.74, 6) is 1.19. The van der Waals surface area contributed by atoms with Crippen molar-refractivity contribution in [3.8, 4) is 0 Å². The lowest BCUT2D eigenvalue weighted by Crippen LogP contribution is -2.39. The lowest BCUT2D eigenvalue weighted by atomic mass is 9.77. The van der Waals surface area contributed by atoms with Gasteiger partial charge in [0.1, 0.15) is 5.82 Å². The third-order valence-corrected chi connectivity index (χ3v) is 5.10. The topological polar surface area (TPSA) is 71.3 Å². The maximum absolute atomic E-state index is 11.2. The normalized spacial score (nSPS) is 20.7. The number of rotatable bonds is 3. The molecular formula is C15H22N4O2. The number of nitro groups is 1. The molecule has 2 heterocycles. The molecule has 1 N–H and O–H groups in total. The number of anilines is 2. The van der Waals surface area contributed by atoms with Crippen LogP contribution in [-0.2, 0) is 0 Å². The van der Waals surface area contributed by atoms with E-state index in [2.05, 4.69) is 15.2 Å². The van der Waals surface area contributed by atoms with E-state index < -0.39 is 0 Å². The summed E-state index contributed by atoms with van der Waals surface area (Å²) in [5, 5.41) is 14.2. The molecular weight excluding hydrogens is 268 g/mol. The van der Waals surface area contributed by atoms with Gasteiger partial charge >= 0.3 is 5.69 Å². The molecule has 0 amide bonds. The lowest BCUT2D eigenvalue weighted by Gasteiger charge is -2.39. The largest absolute Gasteiger partial charge is 0.373 e. The Kier molecular flexibility index (Phi) is 3.69. The Morgan fingerprint density at radius 1 is 1.24 bits per heavy atom. The minimum Gasteiger partial charge on any atom is -0.373 e. The summed E-state index contributed by atoms with van der Waals surface area (Å²) < 4.78 is 0. The number of hydrogen-bond donors (Lipinski definition) is 1. The molecule has 3 rings (SSSR count). The van der Waals surface area contributed by atoms with E-state index in [4.69, 9.17) is 0 Å². The first-order valence-electron chi connectivity index (χ1n) is 7.72. The molecule has 1 spiro atoms. The Labute approximate surface area is 124 Å². The fourth-order valence-electron chi connectivity index (χ4n) is 3.77. The van der Waals surface area contributed by atoms with Crippen LogP contribution in [0.1, 0.15) is 38.5 Å². The molecule has 0 unspecified atom stereocenters. The van der Waals surface area contributed by atoms with Crippen molar-refractivity contribution >= 4 is 17.3 Å². The Hall–Kier alpha value is -1.85. The molecule has 1 aromatic rings. The zero-order chi connectivity index (χ0) is 14.9. The second kappa shape index (κ2) is 5.50. The van der Waals surface area contributed by atoms with Gasteiger partial charge in [-0.05, 0) is 37.2 Å². The molecule has 6 nitrogen and oxygen atoms in total.